The standard InChI is InChI=1S/C10H15F3O/c1-5-7(2)6-9(8(3)14-4)10(11,12)13/h6H,5H2,1-4H3/b7-6+,9-8-. The lowest BCUT2D eigenvalue weighted by Gasteiger charge is -2.12. The molecule has 0 amide bonds. The first kappa shape index (κ1) is 13.1. The molecule has 0 saturated carbocycles. The number of hydrogen-bond donors (Lipinski definition) is 0. The van der Waals surface area contributed by atoms with Crippen LogP contribution in [0, 0.1) is 0 Å². The summed E-state index contributed by atoms with van der Waals surface area (Å²) in [5.41, 5.74) is -0.0342. The van der Waals surface area contributed by atoms with Gasteiger partial charge in [-0.1, -0.05) is 12.5 Å². The van der Waals surface area contributed by atoms with Crippen LogP contribution >= 0.6 is 0 Å². The lowest BCUT2D eigenvalue weighted by Crippen LogP contribution is -2.13. The third-order valence-corrected chi connectivity index (χ3v) is 1.94. The van der Waals surface area contributed by atoms with Gasteiger partial charge in [0.05, 0.1) is 12.7 Å². The first-order valence-corrected chi connectivity index (χ1v) is 4.32. The SMILES string of the molecule is CC/C(C)=C/C(=C(\C)OC)C(F)(F)F. The molecule has 0 aromatic carbocycles. The van der Waals surface area contributed by atoms with Crippen LogP contribution in [0.4, 0.5) is 13.2 Å². The van der Waals surface area contributed by atoms with Crippen molar-refractivity contribution in [1.29, 1.82) is 0 Å². The van der Waals surface area contributed by atoms with Gasteiger partial charge in [-0.15, -0.1) is 0 Å². The molecule has 82 valence electrons. The number of methoxy groups -OCH3 is 1. The number of hydrogen-bond acceptors (Lipinski definition) is 1. The van der Waals surface area contributed by atoms with Gasteiger partial charge in [0.1, 0.15) is 5.76 Å². The minimum atomic E-state index is -4.35. The van der Waals surface area contributed by atoms with Crippen LogP contribution in [0.2, 0.25) is 0 Å². The van der Waals surface area contributed by atoms with E-state index in [4.69, 9.17) is 0 Å². The van der Waals surface area contributed by atoms with E-state index in [-0.39, 0.29) is 5.76 Å². The highest BCUT2D eigenvalue weighted by molar-refractivity contribution is 5.29. The molecular formula is C10H15F3O. The molecule has 0 bridgehead atoms. The van der Waals surface area contributed by atoms with E-state index in [0.717, 1.165) is 6.08 Å². The molecule has 0 atom stereocenters. The van der Waals surface area contributed by atoms with Crippen molar-refractivity contribution < 1.29 is 17.9 Å². The van der Waals surface area contributed by atoms with E-state index in [1.807, 2.05) is 6.92 Å². The predicted octanol–water partition coefficient (Wildman–Crippen LogP) is 3.83. The Balaban J connectivity index is 5.15. The lowest BCUT2D eigenvalue weighted by molar-refractivity contribution is -0.0913. The summed E-state index contributed by atoms with van der Waals surface area (Å²) in [6, 6.07) is 0. The molecule has 0 heterocycles. The van der Waals surface area contributed by atoms with Crippen LogP contribution in [0.25, 0.3) is 0 Å². The topological polar surface area (TPSA) is 9.23 Å². The first-order valence-electron chi connectivity index (χ1n) is 4.32. The Morgan fingerprint density at radius 3 is 2.07 bits per heavy atom. The molecule has 0 rings (SSSR count). The third kappa shape index (κ3) is 3.85. The molecule has 0 aliphatic heterocycles. The zero-order valence-corrected chi connectivity index (χ0v) is 8.83. The molecule has 0 N–H and O–H groups in total. The number of rotatable bonds is 3. The maximum Gasteiger partial charge on any atom is 0.419 e. The van der Waals surface area contributed by atoms with Gasteiger partial charge in [0.25, 0.3) is 0 Å². The van der Waals surface area contributed by atoms with Crippen molar-refractivity contribution in [2.24, 2.45) is 0 Å². The molecule has 0 unspecified atom stereocenters. The highest BCUT2D eigenvalue weighted by atomic mass is 19.4. The molecule has 4 heteroatoms. The molecule has 0 radical (unpaired) electrons. The van der Waals surface area contributed by atoms with Gasteiger partial charge in [-0.05, 0) is 26.3 Å². The van der Waals surface area contributed by atoms with Crippen LogP contribution in [0.5, 0.6) is 0 Å². The third-order valence-electron chi connectivity index (χ3n) is 1.94. The molecule has 14 heavy (non-hydrogen) atoms. The van der Waals surface area contributed by atoms with Gasteiger partial charge in [-0.25, -0.2) is 0 Å². The molecule has 0 saturated heterocycles. The number of allylic oxidation sites excluding steroid dienone is 4. The van der Waals surface area contributed by atoms with Crippen LogP contribution in [0.1, 0.15) is 27.2 Å². The van der Waals surface area contributed by atoms with Crippen molar-refractivity contribution in [3.05, 3.63) is 23.0 Å². The van der Waals surface area contributed by atoms with Crippen molar-refractivity contribution in [3.63, 3.8) is 0 Å². The normalized spacial score (nSPS) is 15.2. The Morgan fingerprint density at radius 2 is 1.79 bits per heavy atom. The molecule has 0 aliphatic rings. The van der Waals surface area contributed by atoms with Crippen molar-refractivity contribution in [2.45, 2.75) is 33.4 Å². The minimum absolute atomic E-state index is 0.106. The molecular weight excluding hydrogens is 193 g/mol. The highest BCUT2D eigenvalue weighted by Gasteiger charge is 2.34. The lowest BCUT2D eigenvalue weighted by atomic mass is 10.1. The summed E-state index contributed by atoms with van der Waals surface area (Å²) in [6.45, 7) is 4.78. The fourth-order valence-corrected chi connectivity index (χ4v) is 0.841. The fourth-order valence-electron chi connectivity index (χ4n) is 0.841. The van der Waals surface area contributed by atoms with E-state index in [1.54, 1.807) is 6.92 Å². The van der Waals surface area contributed by atoms with E-state index in [9.17, 15) is 13.2 Å². The Kier molecular flexibility index (Phi) is 4.74. The second-order valence-corrected chi connectivity index (χ2v) is 3.02. The average Bonchev–Trinajstić information content (AvgIpc) is 2.10. The summed E-state index contributed by atoms with van der Waals surface area (Å²) < 4.78 is 42.0. The monoisotopic (exact) mass is 208 g/mol. The summed E-state index contributed by atoms with van der Waals surface area (Å²) in [5.74, 6) is -0.106. The summed E-state index contributed by atoms with van der Waals surface area (Å²) in [6.07, 6.45) is -2.63. The molecule has 0 aromatic heterocycles. The predicted molar refractivity (Wildman–Crippen MR) is 49.8 cm³/mol. The van der Waals surface area contributed by atoms with Gasteiger partial charge in [-0.2, -0.15) is 13.2 Å². The zero-order chi connectivity index (χ0) is 11.4. The van der Waals surface area contributed by atoms with Crippen molar-refractivity contribution in [2.75, 3.05) is 7.11 Å². The Bertz CT molecular complexity index is 249. The van der Waals surface area contributed by atoms with Gasteiger partial charge in [0.15, 0.2) is 0 Å². The van der Waals surface area contributed by atoms with E-state index >= 15 is 0 Å². The van der Waals surface area contributed by atoms with Crippen LogP contribution in [0.15, 0.2) is 23.0 Å². The number of halogens is 3. The second kappa shape index (κ2) is 5.08. The zero-order valence-electron chi connectivity index (χ0n) is 8.83. The maximum absolute atomic E-state index is 12.5. The summed E-state index contributed by atoms with van der Waals surface area (Å²) in [4.78, 5) is 0. The van der Waals surface area contributed by atoms with Gasteiger partial charge < -0.3 is 4.74 Å². The first-order chi connectivity index (χ1) is 6.32. The quantitative estimate of drug-likeness (QED) is 0.506. The van der Waals surface area contributed by atoms with Crippen LogP contribution in [-0.2, 0) is 4.74 Å². The summed E-state index contributed by atoms with van der Waals surface area (Å²) in [5, 5.41) is 0. The van der Waals surface area contributed by atoms with E-state index < -0.39 is 11.7 Å². The molecule has 1 nitrogen and oxygen atoms in total. The minimum Gasteiger partial charge on any atom is -0.501 e. The van der Waals surface area contributed by atoms with Gasteiger partial charge in [0, 0.05) is 0 Å². The molecule has 0 fully saturated rings. The van der Waals surface area contributed by atoms with E-state index in [0.29, 0.717) is 12.0 Å². The van der Waals surface area contributed by atoms with Crippen molar-refractivity contribution in [1.82, 2.24) is 0 Å². The van der Waals surface area contributed by atoms with Crippen LogP contribution in [0.3, 0.4) is 0 Å². The number of alkyl halides is 3. The molecule has 0 spiro atoms. The van der Waals surface area contributed by atoms with Crippen LogP contribution < -0.4 is 0 Å². The van der Waals surface area contributed by atoms with E-state index in [1.165, 1.54) is 14.0 Å². The van der Waals surface area contributed by atoms with E-state index in [2.05, 4.69) is 4.74 Å². The second-order valence-electron chi connectivity index (χ2n) is 3.02. The van der Waals surface area contributed by atoms with Crippen molar-refractivity contribution in [3.8, 4) is 0 Å². The number of ether oxygens (including phenoxy) is 1. The molecule has 0 aromatic rings. The average molecular weight is 208 g/mol. The summed E-state index contributed by atoms with van der Waals surface area (Å²) in [7, 11) is 1.23. The van der Waals surface area contributed by atoms with Crippen molar-refractivity contribution >= 4 is 0 Å². The highest BCUT2D eigenvalue weighted by Crippen LogP contribution is 2.30. The van der Waals surface area contributed by atoms with Gasteiger partial charge >= 0.3 is 6.18 Å². The maximum atomic E-state index is 12.5. The Labute approximate surface area is 82.3 Å². The fraction of sp³-hybridized carbons (Fsp3) is 0.600. The Morgan fingerprint density at radius 1 is 1.29 bits per heavy atom. The van der Waals surface area contributed by atoms with Gasteiger partial charge in [-0.3, -0.25) is 0 Å². The molecule has 0 aliphatic carbocycles. The van der Waals surface area contributed by atoms with Gasteiger partial charge in [0.2, 0.25) is 0 Å². The van der Waals surface area contributed by atoms with Crippen LogP contribution in [-0.4, -0.2) is 13.3 Å². The summed E-state index contributed by atoms with van der Waals surface area (Å²) >= 11 is 0. The Hall–Kier alpha value is -0.930. The largest absolute Gasteiger partial charge is 0.501 e. The smallest absolute Gasteiger partial charge is 0.419 e.